The van der Waals surface area contributed by atoms with Crippen LogP contribution < -0.4 is 4.74 Å². The fourth-order valence-electron chi connectivity index (χ4n) is 5.47. The quantitative estimate of drug-likeness (QED) is 0.412. The number of alkyl halides is 6. The number of halogens is 6. The zero-order valence-corrected chi connectivity index (χ0v) is 19.7. The Morgan fingerprint density at radius 3 is 2.33 bits per heavy atom. The summed E-state index contributed by atoms with van der Waals surface area (Å²) in [6.07, 6.45) is -7.26. The Morgan fingerprint density at radius 1 is 0.972 bits per heavy atom. The number of hydrogen-bond donors (Lipinski definition) is 1. The molecule has 4 rings (SSSR count). The third-order valence-corrected chi connectivity index (χ3v) is 7.31. The van der Waals surface area contributed by atoms with Crippen molar-refractivity contribution in [1.29, 1.82) is 0 Å². The second-order valence-electron chi connectivity index (χ2n) is 9.84. The average molecular weight is 518 g/mol. The lowest BCUT2D eigenvalue weighted by molar-refractivity contribution is -0.185. The highest BCUT2D eigenvalue weighted by Crippen LogP contribution is 2.44. The van der Waals surface area contributed by atoms with Gasteiger partial charge < -0.3 is 9.84 Å². The van der Waals surface area contributed by atoms with E-state index in [4.69, 9.17) is 4.74 Å². The molecule has 10 heteroatoms. The van der Waals surface area contributed by atoms with Crippen molar-refractivity contribution in [2.45, 2.75) is 82.4 Å². The first-order chi connectivity index (χ1) is 16.9. The molecule has 1 unspecified atom stereocenters. The van der Waals surface area contributed by atoms with Crippen LogP contribution in [0.5, 0.6) is 5.75 Å². The predicted molar refractivity (Wildman–Crippen MR) is 122 cm³/mol. The lowest BCUT2D eigenvalue weighted by atomic mass is 9.87. The molecule has 0 amide bonds. The summed E-state index contributed by atoms with van der Waals surface area (Å²) in [4.78, 5) is 13.3. The van der Waals surface area contributed by atoms with Crippen molar-refractivity contribution in [2.24, 2.45) is 5.92 Å². The fourth-order valence-corrected chi connectivity index (χ4v) is 5.47. The van der Waals surface area contributed by atoms with Gasteiger partial charge in [0.2, 0.25) is 0 Å². The molecular formula is C26H29F6NO3. The van der Waals surface area contributed by atoms with E-state index >= 15 is 0 Å². The number of hydrogen-bond acceptors (Lipinski definition) is 3. The fraction of sp³-hybridized carbons (Fsp3) is 0.577. The van der Waals surface area contributed by atoms with Gasteiger partial charge in [0.25, 0.3) is 0 Å². The largest absolute Gasteiger partial charge is 0.490 e. The standard InChI is InChI=1S/C26H29F6NO3/c27-25(28,29)18-6-8-20(9-7-18)36-22-11-5-17-13-16(4-10-21(17)24(22)26(30,31)32)15-33-12-2-1-3-19(33)14-23(34)35/h4-5,10-11,13,18-20H,1-3,6-9,12,14-15H2,(H,34,35). The summed E-state index contributed by atoms with van der Waals surface area (Å²) in [5.41, 5.74) is -0.140. The number of benzene rings is 2. The van der Waals surface area contributed by atoms with Gasteiger partial charge >= 0.3 is 18.3 Å². The number of carboxylic acids is 1. The van der Waals surface area contributed by atoms with E-state index in [1.807, 2.05) is 0 Å². The second-order valence-corrected chi connectivity index (χ2v) is 9.84. The summed E-state index contributed by atoms with van der Waals surface area (Å²) in [7, 11) is 0. The molecule has 36 heavy (non-hydrogen) atoms. The van der Waals surface area contributed by atoms with Crippen LogP contribution in [0.4, 0.5) is 26.3 Å². The van der Waals surface area contributed by atoms with Crippen LogP contribution in [0.25, 0.3) is 10.8 Å². The Hall–Kier alpha value is -2.49. The highest BCUT2D eigenvalue weighted by Gasteiger charge is 2.42. The predicted octanol–water partition coefficient (Wildman–Crippen LogP) is 7.19. The average Bonchev–Trinajstić information content (AvgIpc) is 2.79. The number of carbonyl (C=O) groups is 1. The summed E-state index contributed by atoms with van der Waals surface area (Å²) in [6.45, 7) is 1.17. The summed E-state index contributed by atoms with van der Waals surface area (Å²) < 4.78 is 86.7. The molecule has 1 saturated heterocycles. The highest BCUT2D eigenvalue weighted by atomic mass is 19.4. The van der Waals surface area contributed by atoms with Crippen LogP contribution in [0.3, 0.4) is 0 Å². The molecule has 0 spiro atoms. The minimum absolute atomic E-state index is 0.0252. The smallest absolute Gasteiger partial charge is 0.420 e. The van der Waals surface area contributed by atoms with Gasteiger partial charge in [0.1, 0.15) is 11.3 Å². The molecule has 2 fully saturated rings. The minimum atomic E-state index is -4.71. The van der Waals surface area contributed by atoms with E-state index in [9.17, 15) is 36.2 Å². The number of fused-ring (bicyclic) bond motifs is 1. The topological polar surface area (TPSA) is 49.8 Å². The van der Waals surface area contributed by atoms with E-state index in [2.05, 4.69) is 4.90 Å². The van der Waals surface area contributed by atoms with Gasteiger partial charge in [-0.1, -0.05) is 24.6 Å². The van der Waals surface area contributed by atoms with Crippen LogP contribution >= 0.6 is 0 Å². The van der Waals surface area contributed by atoms with Crippen molar-refractivity contribution < 1.29 is 41.0 Å². The van der Waals surface area contributed by atoms with Crippen molar-refractivity contribution in [3.8, 4) is 5.75 Å². The maximum Gasteiger partial charge on any atom is 0.420 e. The number of ether oxygens (including phenoxy) is 1. The first-order valence-electron chi connectivity index (χ1n) is 12.2. The molecule has 2 aliphatic rings. The van der Waals surface area contributed by atoms with Gasteiger partial charge in [0.15, 0.2) is 0 Å². The molecular weight excluding hydrogens is 488 g/mol. The molecule has 0 bridgehead atoms. The molecule has 2 aromatic carbocycles. The molecule has 1 aliphatic carbocycles. The van der Waals surface area contributed by atoms with Gasteiger partial charge in [-0.2, -0.15) is 26.3 Å². The van der Waals surface area contributed by atoms with Crippen molar-refractivity contribution in [3.63, 3.8) is 0 Å². The number of likely N-dealkylation sites (tertiary alicyclic amines) is 1. The Kier molecular flexibility index (Phi) is 7.73. The molecule has 1 heterocycles. The Morgan fingerprint density at radius 2 is 1.69 bits per heavy atom. The van der Waals surface area contributed by atoms with E-state index in [1.165, 1.54) is 18.2 Å². The molecule has 1 saturated carbocycles. The number of carboxylic acid groups (broad SMARTS) is 1. The number of nitrogens with zero attached hydrogens (tertiary/aromatic N) is 1. The van der Waals surface area contributed by atoms with Crippen LogP contribution in [-0.2, 0) is 17.5 Å². The van der Waals surface area contributed by atoms with Crippen molar-refractivity contribution in [3.05, 3.63) is 41.5 Å². The monoisotopic (exact) mass is 517 g/mol. The summed E-state index contributed by atoms with van der Waals surface area (Å²) in [5.74, 6) is -2.68. The maximum absolute atomic E-state index is 14.1. The number of aliphatic carboxylic acids is 1. The molecule has 1 aliphatic heterocycles. The molecule has 1 N–H and O–H groups in total. The Labute approximate surface area is 205 Å². The van der Waals surface area contributed by atoms with Gasteiger partial charge in [0.05, 0.1) is 18.4 Å². The SMILES string of the molecule is O=C(O)CC1CCCCN1Cc1ccc2c(C(F)(F)F)c(OC3CCC(C(F)(F)F)CC3)ccc2c1. The first-order valence-corrected chi connectivity index (χ1v) is 12.2. The molecule has 0 radical (unpaired) electrons. The van der Waals surface area contributed by atoms with Crippen LogP contribution in [0.1, 0.15) is 62.5 Å². The van der Waals surface area contributed by atoms with E-state index in [1.54, 1.807) is 12.1 Å². The van der Waals surface area contributed by atoms with Crippen LogP contribution in [0, 0.1) is 5.92 Å². The highest BCUT2D eigenvalue weighted by molar-refractivity contribution is 5.89. The summed E-state index contributed by atoms with van der Waals surface area (Å²) in [5, 5.41) is 9.54. The van der Waals surface area contributed by atoms with Gasteiger partial charge in [-0.05, 0) is 73.5 Å². The van der Waals surface area contributed by atoms with Crippen LogP contribution in [0.15, 0.2) is 30.3 Å². The number of piperidine rings is 1. The van der Waals surface area contributed by atoms with Gasteiger partial charge in [-0.15, -0.1) is 0 Å². The third kappa shape index (κ3) is 6.25. The maximum atomic E-state index is 14.1. The molecule has 4 nitrogen and oxygen atoms in total. The molecule has 2 aromatic rings. The first kappa shape index (κ1) is 26.6. The second kappa shape index (κ2) is 10.5. The van der Waals surface area contributed by atoms with Crippen molar-refractivity contribution in [1.82, 2.24) is 4.90 Å². The zero-order valence-electron chi connectivity index (χ0n) is 19.7. The van der Waals surface area contributed by atoms with Crippen LogP contribution in [0.2, 0.25) is 0 Å². The molecule has 198 valence electrons. The number of rotatable bonds is 6. The lowest BCUT2D eigenvalue weighted by Crippen LogP contribution is -2.40. The van der Waals surface area contributed by atoms with Crippen LogP contribution in [-0.4, -0.2) is 40.8 Å². The summed E-state index contributed by atoms with van der Waals surface area (Å²) in [6, 6.07) is 7.37. The third-order valence-electron chi connectivity index (χ3n) is 7.31. The van der Waals surface area contributed by atoms with E-state index < -0.39 is 35.9 Å². The molecule has 0 aromatic heterocycles. The van der Waals surface area contributed by atoms with Gasteiger partial charge in [-0.3, -0.25) is 9.69 Å². The Balaban J connectivity index is 1.55. The lowest BCUT2D eigenvalue weighted by Gasteiger charge is -2.35. The molecule has 1 atom stereocenters. The van der Waals surface area contributed by atoms with E-state index in [0.717, 1.165) is 31.4 Å². The zero-order chi connectivity index (χ0) is 26.1. The summed E-state index contributed by atoms with van der Waals surface area (Å²) >= 11 is 0. The minimum Gasteiger partial charge on any atom is -0.490 e. The van der Waals surface area contributed by atoms with Gasteiger partial charge in [0, 0.05) is 12.6 Å². The van der Waals surface area contributed by atoms with Gasteiger partial charge in [-0.25, -0.2) is 0 Å². The Bertz CT molecular complexity index is 1080. The van der Waals surface area contributed by atoms with Crippen molar-refractivity contribution in [2.75, 3.05) is 6.54 Å². The van der Waals surface area contributed by atoms with E-state index in [-0.39, 0.29) is 49.3 Å². The van der Waals surface area contributed by atoms with E-state index in [0.29, 0.717) is 11.9 Å². The normalized spacial score (nSPS) is 24.1. The van der Waals surface area contributed by atoms with Crippen molar-refractivity contribution >= 4 is 16.7 Å².